The highest BCUT2D eigenvalue weighted by atomic mass is 79.9. The molecule has 0 saturated heterocycles. The summed E-state index contributed by atoms with van der Waals surface area (Å²) in [5.41, 5.74) is 0.401. The van der Waals surface area contributed by atoms with E-state index in [4.69, 9.17) is 4.74 Å². The topological polar surface area (TPSA) is 52.8 Å². The molecule has 18 heavy (non-hydrogen) atoms. The lowest BCUT2D eigenvalue weighted by Crippen LogP contribution is -2.19. The third-order valence-electron chi connectivity index (χ3n) is 2.05. The van der Waals surface area contributed by atoms with Gasteiger partial charge < -0.3 is 4.74 Å². The van der Waals surface area contributed by atoms with Gasteiger partial charge in [-0.05, 0) is 39.3 Å². The van der Waals surface area contributed by atoms with Crippen LogP contribution in [0.1, 0.15) is 0 Å². The molecular weight excluding hydrogens is 317 g/mol. The van der Waals surface area contributed by atoms with Gasteiger partial charge in [0.15, 0.2) is 0 Å². The molecule has 0 atom stereocenters. The van der Waals surface area contributed by atoms with E-state index in [-0.39, 0.29) is 10.6 Å². The van der Waals surface area contributed by atoms with E-state index in [1.165, 1.54) is 7.11 Å². The van der Waals surface area contributed by atoms with Crippen LogP contribution in [0.4, 0.5) is 13.2 Å². The second kappa shape index (κ2) is 4.56. The van der Waals surface area contributed by atoms with E-state index in [1.54, 1.807) is 18.2 Å². The van der Waals surface area contributed by atoms with Crippen LogP contribution in [0.2, 0.25) is 0 Å². The van der Waals surface area contributed by atoms with Crippen LogP contribution in [0.25, 0.3) is 11.4 Å². The normalized spacial score (nSPS) is 11.6. The van der Waals surface area contributed by atoms with Gasteiger partial charge in [0, 0.05) is 5.56 Å². The Labute approximate surface area is 108 Å². The molecule has 1 aromatic carbocycles. The number of rotatable bonds is 2. The maximum Gasteiger partial charge on any atom is 0.522 e. The number of methoxy groups -OCH3 is 1. The Morgan fingerprint density at radius 1 is 1.33 bits per heavy atom. The van der Waals surface area contributed by atoms with Crippen molar-refractivity contribution in [1.29, 1.82) is 0 Å². The van der Waals surface area contributed by atoms with Gasteiger partial charge in [0.25, 0.3) is 0 Å². The Bertz CT molecular complexity index is 569. The van der Waals surface area contributed by atoms with E-state index in [9.17, 15) is 13.2 Å². The lowest BCUT2D eigenvalue weighted by atomic mass is 10.2. The number of aromatic nitrogens is 4. The fourth-order valence-corrected chi connectivity index (χ4v) is 1.78. The molecule has 2 rings (SSSR count). The van der Waals surface area contributed by atoms with Crippen molar-refractivity contribution >= 4 is 15.9 Å². The van der Waals surface area contributed by atoms with Crippen molar-refractivity contribution in [2.24, 2.45) is 0 Å². The molecule has 0 radical (unpaired) electrons. The molecule has 0 unspecified atom stereocenters. The minimum atomic E-state index is -4.67. The van der Waals surface area contributed by atoms with E-state index < -0.39 is 6.30 Å². The molecule has 0 amide bonds. The van der Waals surface area contributed by atoms with Crippen molar-refractivity contribution in [3.8, 4) is 17.1 Å². The number of hydrogen-bond acceptors (Lipinski definition) is 4. The second-order valence-electron chi connectivity index (χ2n) is 3.22. The Balaban J connectivity index is 2.38. The Morgan fingerprint density at radius 3 is 2.56 bits per heavy atom. The lowest BCUT2D eigenvalue weighted by Gasteiger charge is -2.03. The molecule has 2 aromatic rings. The van der Waals surface area contributed by atoms with Crippen LogP contribution in [0.5, 0.6) is 5.75 Å². The summed E-state index contributed by atoms with van der Waals surface area (Å²) in [6.07, 6.45) is -4.67. The molecule has 0 saturated carbocycles. The van der Waals surface area contributed by atoms with Crippen LogP contribution >= 0.6 is 15.9 Å². The molecule has 96 valence electrons. The Kier molecular flexibility index (Phi) is 3.24. The summed E-state index contributed by atoms with van der Waals surface area (Å²) in [6.45, 7) is 0. The van der Waals surface area contributed by atoms with Gasteiger partial charge >= 0.3 is 6.30 Å². The van der Waals surface area contributed by atoms with E-state index in [0.717, 1.165) is 0 Å². The molecule has 1 aromatic heterocycles. The molecule has 0 aliphatic carbocycles. The first-order chi connectivity index (χ1) is 8.41. The van der Waals surface area contributed by atoms with Crippen molar-refractivity contribution in [3.63, 3.8) is 0 Å². The summed E-state index contributed by atoms with van der Waals surface area (Å²) in [4.78, 5) is -0.388. The summed E-state index contributed by atoms with van der Waals surface area (Å²) < 4.78 is 42.4. The molecule has 5 nitrogen and oxygen atoms in total. The number of tetrazole rings is 1. The van der Waals surface area contributed by atoms with Crippen LogP contribution < -0.4 is 4.74 Å². The Hall–Kier alpha value is -1.64. The molecule has 0 bridgehead atoms. The van der Waals surface area contributed by atoms with Gasteiger partial charge in [0.1, 0.15) is 5.75 Å². The molecule has 0 aliphatic rings. The summed E-state index contributed by atoms with van der Waals surface area (Å²) in [5.74, 6) is 0.442. The zero-order chi connectivity index (χ0) is 13.3. The minimum absolute atomic E-state index is 0.115. The molecule has 0 fully saturated rings. The zero-order valence-electron chi connectivity index (χ0n) is 8.94. The highest BCUT2D eigenvalue weighted by molar-refractivity contribution is 9.10. The number of alkyl halides is 3. The van der Waals surface area contributed by atoms with Gasteiger partial charge in [-0.1, -0.05) is 4.80 Å². The maximum absolute atomic E-state index is 12.3. The van der Waals surface area contributed by atoms with E-state index in [2.05, 4.69) is 31.3 Å². The van der Waals surface area contributed by atoms with Crippen LogP contribution in [0.15, 0.2) is 22.7 Å². The monoisotopic (exact) mass is 322 g/mol. The van der Waals surface area contributed by atoms with Crippen LogP contribution in [0.3, 0.4) is 0 Å². The predicted octanol–water partition coefficient (Wildman–Crippen LogP) is 2.59. The number of halogens is 4. The number of hydrogen-bond donors (Lipinski definition) is 0. The smallest absolute Gasteiger partial charge is 0.496 e. The van der Waals surface area contributed by atoms with Crippen molar-refractivity contribution in [2.75, 3.05) is 7.11 Å². The number of benzene rings is 1. The second-order valence-corrected chi connectivity index (χ2v) is 4.07. The maximum atomic E-state index is 12.3. The number of nitrogens with zero attached hydrogens (tertiary/aromatic N) is 4. The predicted molar refractivity (Wildman–Crippen MR) is 58.8 cm³/mol. The van der Waals surface area contributed by atoms with Crippen LogP contribution in [-0.2, 0) is 6.30 Å². The largest absolute Gasteiger partial charge is 0.522 e. The quantitative estimate of drug-likeness (QED) is 0.852. The van der Waals surface area contributed by atoms with Crippen molar-refractivity contribution in [2.45, 2.75) is 6.30 Å². The van der Waals surface area contributed by atoms with Crippen molar-refractivity contribution in [3.05, 3.63) is 22.7 Å². The van der Waals surface area contributed by atoms with Gasteiger partial charge in [-0.15, -0.1) is 23.4 Å². The summed E-state index contributed by atoms with van der Waals surface area (Å²) in [6, 6.07) is 4.69. The van der Waals surface area contributed by atoms with E-state index in [0.29, 0.717) is 15.8 Å². The fourth-order valence-electron chi connectivity index (χ4n) is 1.24. The summed E-state index contributed by atoms with van der Waals surface area (Å²) >= 11 is 3.22. The van der Waals surface area contributed by atoms with Crippen molar-refractivity contribution < 1.29 is 17.9 Å². The standard InChI is InChI=1S/C9H6BrF3N4O/c1-18-7-3-2-5(4-6(7)10)8-14-16-17(15-8)9(11,12)13/h2-4H,1H3. The van der Waals surface area contributed by atoms with Gasteiger partial charge in [-0.2, -0.15) is 0 Å². The first-order valence-electron chi connectivity index (χ1n) is 4.63. The highest BCUT2D eigenvalue weighted by Crippen LogP contribution is 2.29. The molecule has 1 heterocycles. The third-order valence-corrected chi connectivity index (χ3v) is 2.67. The van der Waals surface area contributed by atoms with Crippen molar-refractivity contribution in [1.82, 2.24) is 20.2 Å². The first-order valence-corrected chi connectivity index (χ1v) is 5.42. The lowest BCUT2D eigenvalue weighted by molar-refractivity contribution is -0.222. The Morgan fingerprint density at radius 2 is 2.06 bits per heavy atom. The molecule has 9 heteroatoms. The van der Waals surface area contributed by atoms with E-state index in [1.807, 2.05) is 0 Å². The van der Waals surface area contributed by atoms with Gasteiger partial charge in [-0.25, -0.2) is 0 Å². The van der Waals surface area contributed by atoms with Gasteiger partial charge in [0.2, 0.25) is 5.82 Å². The highest BCUT2D eigenvalue weighted by Gasteiger charge is 2.34. The summed E-state index contributed by atoms with van der Waals surface area (Å²) in [5, 5.41) is 9.55. The third kappa shape index (κ3) is 2.45. The van der Waals surface area contributed by atoms with Gasteiger partial charge in [-0.3, -0.25) is 0 Å². The van der Waals surface area contributed by atoms with E-state index >= 15 is 0 Å². The average Bonchev–Trinajstić information content (AvgIpc) is 2.77. The molecule has 0 aliphatic heterocycles. The summed E-state index contributed by atoms with van der Waals surface area (Å²) in [7, 11) is 1.48. The molecule has 0 spiro atoms. The molecular formula is C9H6BrF3N4O. The first kappa shape index (κ1) is 12.8. The zero-order valence-corrected chi connectivity index (χ0v) is 10.5. The fraction of sp³-hybridized carbons (Fsp3) is 0.222. The van der Waals surface area contributed by atoms with Crippen LogP contribution in [0, 0.1) is 0 Å². The molecule has 0 N–H and O–H groups in total. The SMILES string of the molecule is COc1ccc(-c2nnn(C(F)(F)F)n2)cc1Br. The van der Waals surface area contributed by atoms with Gasteiger partial charge in [0.05, 0.1) is 11.6 Å². The average molecular weight is 323 g/mol. The number of ether oxygens (including phenoxy) is 1. The minimum Gasteiger partial charge on any atom is -0.496 e. The van der Waals surface area contributed by atoms with Crippen LogP contribution in [-0.4, -0.2) is 27.3 Å².